The zero-order valence-corrected chi connectivity index (χ0v) is 13.2. The topological polar surface area (TPSA) is 55.8 Å². The van der Waals surface area contributed by atoms with Crippen LogP contribution in [0.2, 0.25) is 0 Å². The lowest BCUT2D eigenvalue weighted by molar-refractivity contribution is -0.231. The van der Waals surface area contributed by atoms with Gasteiger partial charge >= 0.3 is 0 Å². The largest absolute Gasteiger partial charge is 0.374 e. The van der Waals surface area contributed by atoms with Gasteiger partial charge in [0.25, 0.3) is 0 Å². The van der Waals surface area contributed by atoms with Crippen LogP contribution in [0.5, 0.6) is 0 Å². The van der Waals surface area contributed by atoms with Crippen molar-refractivity contribution < 1.29 is 19.4 Å². The molecule has 1 N–H and O–H groups in total. The maximum Gasteiger partial charge on any atom is 0.187 e. The van der Waals surface area contributed by atoms with E-state index in [1.807, 2.05) is 20.8 Å². The van der Waals surface area contributed by atoms with E-state index in [0.29, 0.717) is 19.6 Å². The lowest BCUT2D eigenvalue weighted by Gasteiger charge is -2.51. The Morgan fingerprint density at radius 1 is 1.40 bits per heavy atom. The molecule has 0 heterocycles. The van der Waals surface area contributed by atoms with Crippen LogP contribution in [-0.2, 0) is 14.3 Å². The third-order valence-electron chi connectivity index (χ3n) is 4.12. The van der Waals surface area contributed by atoms with Gasteiger partial charge in [0.15, 0.2) is 17.0 Å². The molecule has 0 saturated heterocycles. The second-order valence-corrected chi connectivity index (χ2v) is 5.35. The van der Waals surface area contributed by atoms with Gasteiger partial charge in [0.05, 0.1) is 0 Å². The molecule has 1 saturated carbocycles. The highest BCUT2D eigenvalue weighted by Gasteiger charge is 2.62. The first-order chi connectivity index (χ1) is 9.39. The number of rotatable bonds is 5. The molecule has 0 amide bonds. The van der Waals surface area contributed by atoms with Gasteiger partial charge in [-0.05, 0) is 46.5 Å². The highest BCUT2D eigenvalue weighted by atomic mass is 16.5. The van der Waals surface area contributed by atoms with E-state index in [-0.39, 0.29) is 11.7 Å². The molecule has 20 heavy (non-hydrogen) atoms. The highest BCUT2D eigenvalue weighted by Crippen LogP contribution is 2.44. The molecule has 0 aromatic carbocycles. The third kappa shape index (κ3) is 2.63. The van der Waals surface area contributed by atoms with Gasteiger partial charge in [-0.25, -0.2) is 0 Å². The second kappa shape index (κ2) is 6.71. The number of ether oxygens (including phenoxy) is 2. The van der Waals surface area contributed by atoms with Gasteiger partial charge in [-0.15, -0.1) is 5.92 Å². The molecule has 1 aliphatic carbocycles. The number of hydrogen-bond donors (Lipinski definition) is 1. The molecule has 0 aromatic heterocycles. The molecule has 3 unspecified atom stereocenters. The van der Waals surface area contributed by atoms with E-state index in [0.717, 1.165) is 6.42 Å². The molecule has 0 bridgehead atoms. The Morgan fingerprint density at radius 3 is 2.50 bits per heavy atom. The predicted molar refractivity (Wildman–Crippen MR) is 77.2 cm³/mol. The van der Waals surface area contributed by atoms with Crippen molar-refractivity contribution in [2.24, 2.45) is 5.92 Å². The molecule has 1 fully saturated rings. The standard InChI is InChI=1S/C16H26O4/c1-6-10-15(18)14(19-7-2)12(4)9-11-16(15,13(5)17)20-8-3/h12,14,18H,7-9,11H2,1-5H3/t12?,14?,15?,16-/m0/s1. The lowest BCUT2D eigenvalue weighted by atomic mass is 9.64. The van der Waals surface area contributed by atoms with Crippen molar-refractivity contribution in [2.75, 3.05) is 13.2 Å². The van der Waals surface area contributed by atoms with E-state index in [1.165, 1.54) is 6.92 Å². The zero-order valence-electron chi connectivity index (χ0n) is 13.2. The van der Waals surface area contributed by atoms with Crippen LogP contribution in [0.4, 0.5) is 0 Å². The normalized spacial score (nSPS) is 37.1. The second-order valence-electron chi connectivity index (χ2n) is 5.35. The summed E-state index contributed by atoms with van der Waals surface area (Å²) in [7, 11) is 0. The summed E-state index contributed by atoms with van der Waals surface area (Å²) in [5, 5.41) is 11.2. The number of carbonyl (C=O) groups is 1. The first kappa shape index (κ1) is 17.2. The molecular weight excluding hydrogens is 256 g/mol. The van der Waals surface area contributed by atoms with Crippen molar-refractivity contribution >= 4 is 5.78 Å². The Hall–Kier alpha value is -0.890. The molecule has 0 radical (unpaired) electrons. The van der Waals surface area contributed by atoms with Crippen LogP contribution in [0.1, 0.15) is 47.5 Å². The minimum atomic E-state index is -1.60. The molecule has 0 aliphatic heterocycles. The smallest absolute Gasteiger partial charge is 0.187 e. The fourth-order valence-electron chi connectivity index (χ4n) is 3.22. The Labute approximate surface area is 121 Å². The van der Waals surface area contributed by atoms with Gasteiger partial charge < -0.3 is 14.6 Å². The minimum Gasteiger partial charge on any atom is -0.374 e. The summed E-state index contributed by atoms with van der Waals surface area (Å²) >= 11 is 0. The number of aliphatic hydroxyl groups is 1. The van der Waals surface area contributed by atoms with Gasteiger partial charge in [-0.3, -0.25) is 4.79 Å². The van der Waals surface area contributed by atoms with Gasteiger partial charge in [0, 0.05) is 13.2 Å². The van der Waals surface area contributed by atoms with E-state index in [2.05, 4.69) is 11.8 Å². The number of hydrogen-bond acceptors (Lipinski definition) is 4. The molecule has 0 aromatic rings. The SMILES string of the molecule is CC#CC1(O)C(OCC)C(C)CC[C@]1(OCC)C(C)=O. The fraction of sp³-hybridized carbons (Fsp3) is 0.812. The molecule has 114 valence electrons. The lowest BCUT2D eigenvalue weighted by Crippen LogP contribution is -2.69. The number of carbonyl (C=O) groups excluding carboxylic acids is 1. The van der Waals surface area contributed by atoms with Gasteiger partial charge in [-0.1, -0.05) is 12.8 Å². The summed E-state index contributed by atoms with van der Waals surface area (Å²) in [5.41, 5.74) is -2.89. The van der Waals surface area contributed by atoms with Crippen LogP contribution in [-0.4, -0.2) is 41.4 Å². The maximum atomic E-state index is 12.2. The average Bonchev–Trinajstić information content (AvgIpc) is 2.38. The molecule has 4 atom stereocenters. The van der Waals surface area contributed by atoms with E-state index < -0.39 is 17.3 Å². The Kier molecular flexibility index (Phi) is 5.76. The average molecular weight is 282 g/mol. The van der Waals surface area contributed by atoms with E-state index in [4.69, 9.17) is 9.47 Å². The molecule has 4 heteroatoms. The van der Waals surface area contributed by atoms with Gasteiger partial charge in [0.1, 0.15) is 6.10 Å². The van der Waals surface area contributed by atoms with E-state index >= 15 is 0 Å². The van der Waals surface area contributed by atoms with Gasteiger partial charge in [-0.2, -0.15) is 0 Å². The summed E-state index contributed by atoms with van der Waals surface area (Å²) in [4.78, 5) is 12.2. The Bertz CT molecular complexity index is 408. The molecule has 1 rings (SSSR count). The molecule has 4 nitrogen and oxygen atoms in total. The Balaban J connectivity index is 3.39. The highest BCUT2D eigenvalue weighted by molar-refractivity contribution is 5.88. The Morgan fingerprint density at radius 2 is 2.05 bits per heavy atom. The monoisotopic (exact) mass is 282 g/mol. The summed E-state index contributed by atoms with van der Waals surface area (Å²) in [5.74, 6) is 5.49. The van der Waals surface area contributed by atoms with Crippen molar-refractivity contribution in [1.29, 1.82) is 0 Å². The number of Topliss-reactive ketones (excluding diaryl/α,β-unsaturated/α-hetero) is 1. The van der Waals surface area contributed by atoms with Crippen molar-refractivity contribution in [2.45, 2.75) is 64.8 Å². The minimum absolute atomic E-state index is 0.119. The fourth-order valence-corrected chi connectivity index (χ4v) is 3.22. The van der Waals surface area contributed by atoms with Crippen LogP contribution in [0.15, 0.2) is 0 Å². The van der Waals surface area contributed by atoms with Crippen LogP contribution >= 0.6 is 0 Å². The van der Waals surface area contributed by atoms with Crippen molar-refractivity contribution in [3.05, 3.63) is 0 Å². The first-order valence-electron chi connectivity index (χ1n) is 7.32. The van der Waals surface area contributed by atoms with Crippen molar-refractivity contribution in [3.63, 3.8) is 0 Å². The summed E-state index contributed by atoms with van der Waals surface area (Å²) in [6.07, 6.45) is 0.702. The third-order valence-corrected chi connectivity index (χ3v) is 4.12. The van der Waals surface area contributed by atoms with Gasteiger partial charge in [0.2, 0.25) is 0 Å². The molecule has 1 aliphatic rings. The quantitative estimate of drug-likeness (QED) is 0.783. The summed E-state index contributed by atoms with van der Waals surface area (Å²) in [6, 6.07) is 0. The maximum absolute atomic E-state index is 12.2. The van der Waals surface area contributed by atoms with Crippen LogP contribution in [0, 0.1) is 17.8 Å². The predicted octanol–water partition coefficient (Wildman–Crippen LogP) is 1.94. The van der Waals surface area contributed by atoms with E-state index in [9.17, 15) is 9.90 Å². The van der Waals surface area contributed by atoms with Crippen molar-refractivity contribution in [1.82, 2.24) is 0 Å². The van der Waals surface area contributed by atoms with Crippen LogP contribution < -0.4 is 0 Å². The van der Waals surface area contributed by atoms with Crippen molar-refractivity contribution in [3.8, 4) is 11.8 Å². The molecule has 0 spiro atoms. The zero-order chi connectivity index (χ0) is 15.4. The van der Waals surface area contributed by atoms with E-state index in [1.54, 1.807) is 6.92 Å². The molecular formula is C16H26O4. The van der Waals surface area contributed by atoms with Crippen LogP contribution in [0.3, 0.4) is 0 Å². The summed E-state index contributed by atoms with van der Waals surface area (Å²) in [6.45, 7) is 9.62. The first-order valence-corrected chi connectivity index (χ1v) is 7.32. The van der Waals surface area contributed by atoms with Crippen LogP contribution in [0.25, 0.3) is 0 Å². The number of ketones is 1. The summed E-state index contributed by atoms with van der Waals surface area (Å²) < 4.78 is 11.5.